The molecule has 1 aliphatic rings. The molecule has 2 N–H and O–H groups in total. The first-order valence-corrected chi connectivity index (χ1v) is 11.5. The Kier molecular flexibility index (Phi) is 7.65. The monoisotopic (exact) mass is 439 g/mol. The highest BCUT2D eigenvalue weighted by molar-refractivity contribution is 7.10. The first-order valence-electron chi connectivity index (χ1n) is 10.7. The van der Waals surface area contributed by atoms with E-state index in [9.17, 15) is 0 Å². The molecule has 1 aliphatic heterocycles. The minimum atomic E-state index is 0.292. The van der Waals surface area contributed by atoms with Crippen LogP contribution in [0.4, 0.5) is 0 Å². The number of aliphatic imine (C=N–C) groups is 1. The smallest absolute Gasteiger partial charge is 0.191 e. The van der Waals surface area contributed by atoms with Crippen LogP contribution in [0.3, 0.4) is 0 Å². The zero-order chi connectivity index (χ0) is 21.3. The Morgan fingerprint density at radius 3 is 2.74 bits per heavy atom. The van der Waals surface area contributed by atoms with Crippen LogP contribution in [0.15, 0.2) is 59.2 Å². The first-order chi connectivity index (χ1) is 15.3. The highest BCUT2D eigenvalue weighted by Crippen LogP contribution is 2.25. The lowest BCUT2D eigenvalue weighted by molar-refractivity contribution is 0.0177. The second kappa shape index (κ2) is 11.0. The molecule has 8 nitrogen and oxygen atoms in total. The lowest BCUT2D eigenvalue weighted by Gasteiger charge is -2.34. The van der Waals surface area contributed by atoms with E-state index in [4.69, 9.17) is 9.73 Å². The molecule has 2 aromatic heterocycles. The highest BCUT2D eigenvalue weighted by Gasteiger charge is 2.23. The fourth-order valence-corrected chi connectivity index (χ4v) is 4.50. The van der Waals surface area contributed by atoms with E-state index in [0.29, 0.717) is 12.6 Å². The zero-order valence-electron chi connectivity index (χ0n) is 17.8. The van der Waals surface area contributed by atoms with Crippen LogP contribution in [0.1, 0.15) is 23.7 Å². The van der Waals surface area contributed by atoms with Crippen LogP contribution >= 0.6 is 11.3 Å². The predicted molar refractivity (Wildman–Crippen MR) is 124 cm³/mol. The van der Waals surface area contributed by atoms with Gasteiger partial charge in [0.15, 0.2) is 11.8 Å². The molecule has 4 rings (SSSR count). The number of aromatic nitrogens is 3. The summed E-state index contributed by atoms with van der Waals surface area (Å²) in [5.41, 5.74) is 1.03. The molecule has 1 unspecified atom stereocenters. The summed E-state index contributed by atoms with van der Waals surface area (Å²) >= 11 is 1.80. The normalized spacial score (nSPS) is 16.2. The fourth-order valence-electron chi connectivity index (χ4n) is 3.64. The van der Waals surface area contributed by atoms with Crippen LogP contribution in [-0.4, -0.2) is 65.0 Å². The molecule has 3 heterocycles. The van der Waals surface area contributed by atoms with Crippen molar-refractivity contribution in [3.8, 4) is 5.69 Å². The quantitative estimate of drug-likeness (QED) is 0.415. The second-order valence-electron chi connectivity index (χ2n) is 7.21. The van der Waals surface area contributed by atoms with Crippen molar-refractivity contribution in [3.63, 3.8) is 0 Å². The predicted octanol–water partition coefficient (Wildman–Crippen LogP) is 2.46. The molecule has 0 saturated carbocycles. The van der Waals surface area contributed by atoms with E-state index in [0.717, 1.165) is 56.9 Å². The number of ether oxygens (including phenoxy) is 1. The minimum absolute atomic E-state index is 0.292. The van der Waals surface area contributed by atoms with Gasteiger partial charge in [0.1, 0.15) is 12.9 Å². The summed E-state index contributed by atoms with van der Waals surface area (Å²) < 4.78 is 7.52. The molecular weight excluding hydrogens is 410 g/mol. The zero-order valence-corrected chi connectivity index (χ0v) is 18.6. The number of nitrogens with one attached hydrogen (secondary N) is 2. The number of benzene rings is 1. The van der Waals surface area contributed by atoms with E-state index in [1.165, 1.54) is 4.88 Å². The van der Waals surface area contributed by atoms with E-state index >= 15 is 0 Å². The maximum Gasteiger partial charge on any atom is 0.191 e. The maximum absolute atomic E-state index is 5.55. The van der Waals surface area contributed by atoms with Gasteiger partial charge in [0, 0.05) is 36.7 Å². The Morgan fingerprint density at radius 2 is 2.00 bits per heavy atom. The van der Waals surface area contributed by atoms with Crippen LogP contribution in [0.2, 0.25) is 0 Å². The minimum Gasteiger partial charge on any atom is -0.379 e. The summed E-state index contributed by atoms with van der Waals surface area (Å²) in [4.78, 5) is 8.61. The van der Waals surface area contributed by atoms with Crippen LogP contribution in [0, 0.1) is 0 Å². The molecule has 0 bridgehead atoms. The van der Waals surface area contributed by atoms with E-state index in [1.54, 1.807) is 17.7 Å². The van der Waals surface area contributed by atoms with Gasteiger partial charge in [-0.1, -0.05) is 24.3 Å². The van der Waals surface area contributed by atoms with Gasteiger partial charge in [-0.15, -0.1) is 21.5 Å². The molecule has 164 valence electrons. The summed E-state index contributed by atoms with van der Waals surface area (Å²) in [5.74, 6) is 1.58. The molecule has 0 spiro atoms. The molecule has 0 amide bonds. The SMILES string of the molecule is CCNC(=NCc1nncn1-c1ccccc1)NCC(c1cccs1)N1CCOCC1. The number of rotatable bonds is 8. The maximum atomic E-state index is 5.55. The first kappa shape index (κ1) is 21.5. The standard InChI is InChI=1S/C22H29N7OS/c1-2-23-22(25-16-21-27-26-17-29(21)18-7-4-3-5-8-18)24-15-19(20-9-6-14-31-20)28-10-12-30-13-11-28/h3-9,14,17,19H,2,10-13,15-16H2,1H3,(H2,23,24,25). The van der Waals surface area contributed by atoms with Crippen LogP contribution in [0.25, 0.3) is 5.69 Å². The van der Waals surface area contributed by atoms with Crippen molar-refractivity contribution < 1.29 is 4.74 Å². The largest absolute Gasteiger partial charge is 0.379 e. The van der Waals surface area contributed by atoms with Crippen molar-refractivity contribution >= 4 is 17.3 Å². The third-order valence-electron chi connectivity index (χ3n) is 5.20. The van der Waals surface area contributed by atoms with Gasteiger partial charge < -0.3 is 15.4 Å². The van der Waals surface area contributed by atoms with Crippen molar-refractivity contribution in [3.05, 3.63) is 64.9 Å². The number of morpholine rings is 1. The Balaban J connectivity index is 1.45. The third kappa shape index (κ3) is 5.69. The Hall–Kier alpha value is -2.75. The Bertz CT molecular complexity index is 936. The molecular formula is C22H29N7OS. The van der Waals surface area contributed by atoms with Gasteiger partial charge in [0.05, 0.1) is 19.3 Å². The lowest BCUT2D eigenvalue weighted by Crippen LogP contribution is -2.46. The number of hydrogen-bond donors (Lipinski definition) is 2. The van der Waals surface area contributed by atoms with Gasteiger partial charge >= 0.3 is 0 Å². The summed E-state index contributed by atoms with van der Waals surface area (Å²) in [5, 5.41) is 17.4. The van der Waals surface area contributed by atoms with Crippen molar-refractivity contribution in [2.45, 2.75) is 19.5 Å². The van der Waals surface area contributed by atoms with Crippen molar-refractivity contribution in [1.82, 2.24) is 30.3 Å². The Morgan fingerprint density at radius 1 is 1.16 bits per heavy atom. The van der Waals surface area contributed by atoms with Crippen molar-refractivity contribution in [2.75, 3.05) is 39.4 Å². The topological polar surface area (TPSA) is 79.6 Å². The molecule has 1 aromatic carbocycles. The average Bonchev–Trinajstić information content (AvgIpc) is 3.51. The summed E-state index contributed by atoms with van der Waals surface area (Å²) in [6, 6.07) is 14.7. The fraction of sp³-hybridized carbons (Fsp3) is 0.409. The highest BCUT2D eigenvalue weighted by atomic mass is 32.1. The average molecular weight is 440 g/mol. The Labute approximate surface area is 187 Å². The van der Waals surface area contributed by atoms with Gasteiger partial charge in [-0.2, -0.15) is 0 Å². The van der Waals surface area contributed by atoms with Gasteiger partial charge in [-0.25, -0.2) is 4.99 Å². The molecule has 0 radical (unpaired) electrons. The number of hydrogen-bond acceptors (Lipinski definition) is 6. The number of guanidine groups is 1. The van der Waals surface area contributed by atoms with E-state index < -0.39 is 0 Å². The number of nitrogens with zero attached hydrogens (tertiary/aromatic N) is 5. The molecule has 0 aliphatic carbocycles. The van der Waals surface area contributed by atoms with E-state index in [2.05, 4.69) is 50.2 Å². The van der Waals surface area contributed by atoms with E-state index in [1.807, 2.05) is 34.9 Å². The second-order valence-corrected chi connectivity index (χ2v) is 8.19. The molecule has 1 atom stereocenters. The molecule has 1 saturated heterocycles. The number of para-hydroxylation sites is 1. The van der Waals surface area contributed by atoms with Gasteiger partial charge in [0.2, 0.25) is 0 Å². The van der Waals surface area contributed by atoms with Gasteiger partial charge in [-0.3, -0.25) is 9.47 Å². The molecule has 1 fully saturated rings. The van der Waals surface area contributed by atoms with Crippen LogP contribution < -0.4 is 10.6 Å². The van der Waals surface area contributed by atoms with Crippen molar-refractivity contribution in [2.24, 2.45) is 4.99 Å². The summed E-state index contributed by atoms with van der Waals surface area (Å²) in [6.07, 6.45) is 1.73. The molecule has 9 heteroatoms. The third-order valence-corrected chi connectivity index (χ3v) is 6.17. The van der Waals surface area contributed by atoms with Crippen molar-refractivity contribution in [1.29, 1.82) is 0 Å². The van der Waals surface area contributed by atoms with Crippen LogP contribution in [-0.2, 0) is 11.3 Å². The van der Waals surface area contributed by atoms with Gasteiger partial charge in [0.25, 0.3) is 0 Å². The van der Waals surface area contributed by atoms with Gasteiger partial charge in [-0.05, 0) is 30.5 Å². The van der Waals surface area contributed by atoms with E-state index in [-0.39, 0.29) is 0 Å². The lowest BCUT2D eigenvalue weighted by atomic mass is 10.2. The number of thiophene rings is 1. The summed E-state index contributed by atoms with van der Waals surface area (Å²) in [6.45, 7) is 7.52. The molecule has 31 heavy (non-hydrogen) atoms. The molecule has 3 aromatic rings. The summed E-state index contributed by atoms with van der Waals surface area (Å²) in [7, 11) is 0. The van der Waals surface area contributed by atoms with Crippen LogP contribution in [0.5, 0.6) is 0 Å².